The van der Waals surface area contributed by atoms with Crippen molar-refractivity contribution in [1.82, 2.24) is 5.32 Å². The van der Waals surface area contributed by atoms with E-state index in [0.29, 0.717) is 18.0 Å². The number of amides is 1. The molecule has 118 valence electrons. The molecule has 1 aromatic rings. The molecule has 4 nitrogen and oxygen atoms in total. The van der Waals surface area contributed by atoms with Crippen LogP contribution in [-0.4, -0.2) is 18.4 Å². The Morgan fingerprint density at radius 3 is 2.64 bits per heavy atom. The standard InChI is InChI=1S/C17H20ClNO3/c18-13-3-1-2-10(8-13)6-7-19-16(20)14-11-4-5-12(9-11)15(14)17(21)22/h1-3,8,11-12,14-15H,4-7,9H2,(H,19,20)(H,21,22)/p-1/t11-,12-,14-,15-/m0/s1. The number of rotatable bonds is 5. The number of carbonyl (C=O) groups is 2. The van der Waals surface area contributed by atoms with Gasteiger partial charge >= 0.3 is 0 Å². The maximum Gasteiger partial charge on any atom is 0.224 e. The normalized spacial score (nSPS) is 29.5. The molecule has 0 aromatic heterocycles. The van der Waals surface area contributed by atoms with Gasteiger partial charge in [-0.2, -0.15) is 0 Å². The molecule has 0 spiro atoms. The van der Waals surface area contributed by atoms with Crippen LogP contribution in [0.3, 0.4) is 0 Å². The lowest BCUT2D eigenvalue weighted by atomic mass is 9.78. The number of carboxylic acid groups (broad SMARTS) is 1. The van der Waals surface area contributed by atoms with E-state index in [-0.39, 0.29) is 17.7 Å². The highest BCUT2D eigenvalue weighted by molar-refractivity contribution is 6.30. The first-order valence-corrected chi connectivity index (χ1v) is 8.17. The number of carboxylic acids is 1. The quantitative estimate of drug-likeness (QED) is 0.892. The van der Waals surface area contributed by atoms with Gasteiger partial charge in [-0.15, -0.1) is 0 Å². The minimum absolute atomic E-state index is 0.124. The molecular formula is C17H19ClNO3-. The van der Waals surface area contributed by atoms with E-state index in [1.165, 1.54) is 0 Å². The molecule has 22 heavy (non-hydrogen) atoms. The summed E-state index contributed by atoms with van der Waals surface area (Å²) >= 11 is 5.93. The maximum atomic E-state index is 12.4. The van der Waals surface area contributed by atoms with E-state index in [1.54, 1.807) is 0 Å². The largest absolute Gasteiger partial charge is 0.550 e. The summed E-state index contributed by atoms with van der Waals surface area (Å²) in [4.78, 5) is 23.7. The molecule has 2 aliphatic carbocycles. The number of aliphatic carboxylic acids is 1. The van der Waals surface area contributed by atoms with Crippen molar-refractivity contribution in [1.29, 1.82) is 0 Å². The number of benzene rings is 1. The second kappa shape index (κ2) is 6.29. The summed E-state index contributed by atoms with van der Waals surface area (Å²) in [7, 11) is 0. The highest BCUT2D eigenvalue weighted by Crippen LogP contribution is 2.52. The fraction of sp³-hybridized carbons (Fsp3) is 0.529. The van der Waals surface area contributed by atoms with Crippen LogP contribution in [0.5, 0.6) is 0 Å². The topological polar surface area (TPSA) is 69.2 Å². The van der Waals surface area contributed by atoms with Crippen LogP contribution < -0.4 is 10.4 Å². The molecule has 5 heteroatoms. The Hall–Kier alpha value is -1.55. The van der Waals surface area contributed by atoms with Crippen LogP contribution in [0.15, 0.2) is 24.3 Å². The molecule has 3 rings (SSSR count). The lowest BCUT2D eigenvalue weighted by Gasteiger charge is -2.30. The molecule has 0 aliphatic heterocycles. The van der Waals surface area contributed by atoms with Crippen molar-refractivity contribution in [2.24, 2.45) is 23.7 Å². The zero-order valence-corrected chi connectivity index (χ0v) is 13.0. The summed E-state index contributed by atoms with van der Waals surface area (Å²) < 4.78 is 0. The van der Waals surface area contributed by atoms with Gasteiger partial charge in [0, 0.05) is 29.4 Å². The second-order valence-corrected chi connectivity index (χ2v) is 6.81. The Labute approximate surface area is 134 Å². The van der Waals surface area contributed by atoms with Gasteiger partial charge in [-0.1, -0.05) is 23.7 Å². The van der Waals surface area contributed by atoms with E-state index >= 15 is 0 Å². The number of fused-ring (bicyclic) bond motifs is 2. The third kappa shape index (κ3) is 2.98. The Kier molecular flexibility index (Phi) is 4.39. The van der Waals surface area contributed by atoms with Crippen LogP contribution in [0.2, 0.25) is 5.02 Å². The van der Waals surface area contributed by atoms with Gasteiger partial charge in [-0.3, -0.25) is 4.79 Å². The number of hydrogen-bond acceptors (Lipinski definition) is 3. The smallest absolute Gasteiger partial charge is 0.224 e. The summed E-state index contributed by atoms with van der Waals surface area (Å²) in [6, 6.07) is 7.51. The third-order valence-electron chi connectivity index (χ3n) is 5.09. The third-order valence-corrected chi connectivity index (χ3v) is 5.33. The van der Waals surface area contributed by atoms with Gasteiger partial charge in [0.05, 0.1) is 0 Å². The fourth-order valence-electron chi connectivity index (χ4n) is 4.15. The molecule has 0 radical (unpaired) electrons. The van der Waals surface area contributed by atoms with E-state index in [1.807, 2.05) is 24.3 Å². The van der Waals surface area contributed by atoms with Gasteiger partial charge in [0.25, 0.3) is 0 Å². The molecule has 0 unspecified atom stereocenters. The first kappa shape index (κ1) is 15.3. The van der Waals surface area contributed by atoms with Crippen molar-refractivity contribution >= 4 is 23.5 Å². The first-order chi connectivity index (χ1) is 10.6. The van der Waals surface area contributed by atoms with Crippen LogP contribution in [0.1, 0.15) is 24.8 Å². The zero-order chi connectivity index (χ0) is 15.7. The molecule has 0 saturated heterocycles. The van der Waals surface area contributed by atoms with Crippen molar-refractivity contribution in [3.05, 3.63) is 34.9 Å². The SMILES string of the molecule is O=C([O-])[C@H]1[C@H]2CC[C@@H](C2)[C@@H]1C(=O)NCCc1cccc(Cl)c1. The molecule has 1 N–H and O–H groups in total. The van der Waals surface area contributed by atoms with Gasteiger partial charge in [0.2, 0.25) is 5.91 Å². The Morgan fingerprint density at radius 2 is 1.95 bits per heavy atom. The van der Waals surface area contributed by atoms with Gasteiger partial charge in [-0.05, 0) is 55.2 Å². The van der Waals surface area contributed by atoms with E-state index in [2.05, 4.69) is 5.32 Å². The minimum Gasteiger partial charge on any atom is -0.550 e. The summed E-state index contributed by atoms with van der Waals surface area (Å²) in [6.07, 6.45) is 3.41. The van der Waals surface area contributed by atoms with Gasteiger partial charge in [-0.25, -0.2) is 0 Å². The Morgan fingerprint density at radius 1 is 1.23 bits per heavy atom. The molecule has 1 aromatic carbocycles. The van der Waals surface area contributed by atoms with Crippen LogP contribution in [0.4, 0.5) is 0 Å². The Balaban J connectivity index is 1.56. The van der Waals surface area contributed by atoms with Gasteiger partial charge in [0.1, 0.15) is 0 Å². The lowest BCUT2D eigenvalue weighted by molar-refractivity contribution is -0.314. The van der Waals surface area contributed by atoms with Gasteiger partial charge in [0.15, 0.2) is 0 Å². The number of halogens is 1. The lowest BCUT2D eigenvalue weighted by Crippen LogP contribution is -2.46. The average Bonchev–Trinajstić information content (AvgIpc) is 3.07. The predicted octanol–water partition coefficient (Wildman–Crippen LogP) is 1.41. The van der Waals surface area contributed by atoms with Crippen molar-refractivity contribution < 1.29 is 14.7 Å². The molecule has 2 bridgehead atoms. The van der Waals surface area contributed by atoms with E-state index in [0.717, 1.165) is 24.8 Å². The van der Waals surface area contributed by atoms with Crippen molar-refractivity contribution in [2.75, 3.05) is 6.54 Å². The summed E-state index contributed by atoms with van der Waals surface area (Å²) in [5.74, 6) is -1.89. The van der Waals surface area contributed by atoms with E-state index in [9.17, 15) is 14.7 Å². The van der Waals surface area contributed by atoms with Crippen molar-refractivity contribution in [3.8, 4) is 0 Å². The summed E-state index contributed by atoms with van der Waals surface area (Å²) in [5.41, 5.74) is 1.05. The number of carbonyl (C=O) groups excluding carboxylic acids is 2. The average molecular weight is 321 g/mol. The molecule has 0 heterocycles. The maximum absolute atomic E-state index is 12.4. The van der Waals surface area contributed by atoms with Gasteiger partial charge < -0.3 is 15.2 Å². The number of hydrogen-bond donors (Lipinski definition) is 1. The molecule has 2 aliphatic rings. The van der Waals surface area contributed by atoms with Crippen LogP contribution in [-0.2, 0) is 16.0 Å². The van der Waals surface area contributed by atoms with Crippen molar-refractivity contribution in [3.63, 3.8) is 0 Å². The molecule has 2 fully saturated rings. The van der Waals surface area contributed by atoms with Crippen molar-refractivity contribution in [2.45, 2.75) is 25.7 Å². The van der Waals surface area contributed by atoms with E-state index < -0.39 is 17.8 Å². The zero-order valence-electron chi connectivity index (χ0n) is 12.3. The fourth-order valence-corrected chi connectivity index (χ4v) is 4.36. The summed E-state index contributed by atoms with van der Waals surface area (Å²) in [6.45, 7) is 0.493. The number of nitrogens with one attached hydrogen (secondary N) is 1. The Bertz CT molecular complexity index is 589. The monoisotopic (exact) mass is 320 g/mol. The first-order valence-electron chi connectivity index (χ1n) is 7.79. The highest BCUT2D eigenvalue weighted by atomic mass is 35.5. The van der Waals surface area contributed by atoms with Crippen LogP contribution in [0.25, 0.3) is 0 Å². The second-order valence-electron chi connectivity index (χ2n) is 6.37. The molecular weight excluding hydrogens is 302 g/mol. The molecule has 4 atom stereocenters. The highest BCUT2D eigenvalue weighted by Gasteiger charge is 2.51. The molecule has 1 amide bonds. The minimum atomic E-state index is -1.07. The van der Waals surface area contributed by atoms with Crippen LogP contribution >= 0.6 is 11.6 Å². The summed E-state index contributed by atoms with van der Waals surface area (Å²) in [5, 5.41) is 14.9. The van der Waals surface area contributed by atoms with E-state index in [4.69, 9.17) is 11.6 Å². The molecule has 2 saturated carbocycles. The predicted molar refractivity (Wildman–Crippen MR) is 81.0 cm³/mol. The van der Waals surface area contributed by atoms with Crippen LogP contribution in [0, 0.1) is 23.7 Å².